The lowest BCUT2D eigenvalue weighted by Gasteiger charge is -2.21. The van der Waals surface area contributed by atoms with E-state index < -0.39 is 0 Å². The molecule has 19 heavy (non-hydrogen) atoms. The van der Waals surface area contributed by atoms with Crippen LogP contribution in [0.3, 0.4) is 0 Å². The van der Waals surface area contributed by atoms with Crippen molar-refractivity contribution < 1.29 is 4.74 Å². The van der Waals surface area contributed by atoms with E-state index in [1.165, 1.54) is 5.56 Å². The van der Waals surface area contributed by atoms with E-state index in [1.807, 2.05) is 18.5 Å². The summed E-state index contributed by atoms with van der Waals surface area (Å²) in [6.07, 6.45) is 0. The van der Waals surface area contributed by atoms with Crippen molar-refractivity contribution in [3.8, 4) is 5.75 Å². The van der Waals surface area contributed by atoms with Crippen LogP contribution in [0.5, 0.6) is 5.75 Å². The fourth-order valence-electron chi connectivity index (χ4n) is 2.36. The highest BCUT2D eigenvalue weighted by molar-refractivity contribution is 7.09. The number of aryl methyl sites for hydroxylation is 3. The summed E-state index contributed by atoms with van der Waals surface area (Å²) in [6.45, 7) is 6.12. The molecule has 1 heterocycles. The SMILES string of the molecule is COc1cc(C)cc(C)c1C(NN)c1scnc1C. The Hall–Kier alpha value is -1.43. The highest BCUT2D eigenvalue weighted by Gasteiger charge is 2.22. The van der Waals surface area contributed by atoms with E-state index in [2.05, 4.69) is 30.3 Å². The van der Waals surface area contributed by atoms with Crippen LogP contribution in [-0.4, -0.2) is 12.1 Å². The van der Waals surface area contributed by atoms with Gasteiger partial charge in [-0.1, -0.05) is 6.07 Å². The monoisotopic (exact) mass is 277 g/mol. The third-order valence-electron chi connectivity index (χ3n) is 3.21. The number of hydrazine groups is 1. The molecule has 0 radical (unpaired) electrons. The topological polar surface area (TPSA) is 60.2 Å². The minimum atomic E-state index is -0.0944. The van der Waals surface area contributed by atoms with E-state index in [0.29, 0.717) is 0 Å². The van der Waals surface area contributed by atoms with Crippen molar-refractivity contribution in [2.24, 2.45) is 5.84 Å². The molecule has 1 aromatic carbocycles. The van der Waals surface area contributed by atoms with E-state index in [-0.39, 0.29) is 6.04 Å². The van der Waals surface area contributed by atoms with Crippen LogP contribution in [-0.2, 0) is 0 Å². The molecular weight excluding hydrogens is 258 g/mol. The van der Waals surface area contributed by atoms with Crippen LogP contribution in [0.1, 0.15) is 33.3 Å². The van der Waals surface area contributed by atoms with Gasteiger partial charge in [0.2, 0.25) is 0 Å². The standard InChI is InChI=1S/C14H19N3OS/c1-8-5-9(2)12(11(6-8)18-4)13(17-15)14-10(3)16-7-19-14/h5-7,13,17H,15H2,1-4H3. The molecule has 0 fully saturated rings. The smallest absolute Gasteiger partial charge is 0.124 e. The van der Waals surface area contributed by atoms with Crippen molar-refractivity contribution >= 4 is 11.3 Å². The molecule has 5 heteroatoms. The summed E-state index contributed by atoms with van der Waals surface area (Å²) in [5.74, 6) is 6.62. The summed E-state index contributed by atoms with van der Waals surface area (Å²) in [7, 11) is 1.69. The molecule has 0 bridgehead atoms. The van der Waals surface area contributed by atoms with Crippen molar-refractivity contribution in [1.82, 2.24) is 10.4 Å². The van der Waals surface area contributed by atoms with Gasteiger partial charge >= 0.3 is 0 Å². The average molecular weight is 277 g/mol. The van der Waals surface area contributed by atoms with Gasteiger partial charge in [0.1, 0.15) is 5.75 Å². The molecule has 0 saturated carbocycles. The Morgan fingerprint density at radius 1 is 1.32 bits per heavy atom. The van der Waals surface area contributed by atoms with Gasteiger partial charge in [-0.15, -0.1) is 11.3 Å². The molecular formula is C14H19N3OS. The first-order valence-electron chi connectivity index (χ1n) is 6.09. The number of hydrogen-bond donors (Lipinski definition) is 2. The first-order valence-corrected chi connectivity index (χ1v) is 6.97. The van der Waals surface area contributed by atoms with Crippen molar-refractivity contribution in [2.45, 2.75) is 26.8 Å². The molecule has 0 aliphatic rings. The maximum Gasteiger partial charge on any atom is 0.124 e. The van der Waals surface area contributed by atoms with E-state index in [9.17, 15) is 0 Å². The fraction of sp³-hybridized carbons (Fsp3) is 0.357. The number of thiazole rings is 1. The Labute approximate surface area is 117 Å². The number of hydrogen-bond acceptors (Lipinski definition) is 5. The highest BCUT2D eigenvalue weighted by Crippen LogP contribution is 2.36. The molecule has 4 nitrogen and oxygen atoms in total. The molecule has 1 aromatic heterocycles. The predicted octanol–water partition coefficient (Wildman–Crippen LogP) is 2.63. The quantitative estimate of drug-likeness (QED) is 0.666. The number of rotatable bonds is 4. The number of nitrogens with zero attached hydrogens (tertiary/aromatic N) is 1. The summed E-state index contributed by atoms with van der Waals surface area (Å²) >= 11 is 1.60. The lowest BCUT2D eigenvalue weighted by molar-refractivity contribution is 0.403. The number of aromatic nitrogens is 1. The number of ether oxygens (including phenoxy) is 1. The van der Waals surface area contributed by atoms with Crippen molar-refractivity contribution in [3.63, 3.8) is 0 Å². The summed E-state index contributed by atoms with van der Waals surface area (Å²) in [5, 5.41) is 0. The molecule has 0 saturated heterocycles. The van der Waals surface area contributed by atoms with Crippen molar-refractivity contribution in [2.75, 3.05) is 7.11 Å². The summed E-state index contributed by atoms with van der Waals surface area (Å²) in [4.78, 5) is 5.41. The molecule has 0 amide bonds. The zero-order valence-electron chi connectivity index (χ0n) is 11.7. The van der Waals surface area contributed by atoms with Crippen LogP contribution >= 0.6 is 11.3 Å². The number of nitrogens with one attached hydrogen (secondary N) is 1. The van der Waals surface area contributed by atoms with Crippen LogP contribution in [0.2, 0.25) is 0 Å². The van der Waals surface area contributed by atoms with Crippen LogP contribution in [0, 0.1) is 20.8 Å². The Morgan fingerprint density at radius 3 is 2.58 bits per heavy atom. The van der Waals surface area contributed by atoms with E-state index in [1.54, 1.807) is 18.4 Å². The largest absolute Gasteiger partial charge is 0.496 e. The minimum Gasteiger partial charge on any atom is -0.496 e. The number of nitrogens with two attached hydrogens (primary N) is 1. The first-order chi connectivity index (χ1) is 9.08. The maximum absolute atomic E-state index is 5.77. The van der Waals surface area contributed by atoms with Gasteiger partial charge in [-0.25, -0.2) is 10.4 Å². The third-order valence-corrected chi connectivity index (χ3v) is 4.21. The number of methoxy groups -OCH3 is 1. The second-order valence-corrected chi connectivity index (χ2v) is 5.49. The summed E-state index contributed by atoms with van der Waals surface area (Å²) in [6, 6.07) is 4.07. The maximum atomic E-state index is 5.77. The van der Waals surface area contributed by atoms with E-state index >= 15 is 0 Å². The van der Waals surface area contributed by atoms with Gasteiger partial charge < -0.3 is 4.74 Å². The van der Waals surface area contributed by atoms with Gasteiger partial charge in [0, 0.05) is 5.56 Å². The molecule has 102 valence electrons. The lowest BCUT2D eigenvalue weighted by atomic mass is 9.96. The Kier molecular flexibility index (Phi) is 4.19. The van der Waals surface area contributed by atoms with Gasteiger partial charge in [0.05, 0.1) is 29.2 Å². The minimum absolute atomic E-state index is 0.0944. The van der Waals surface area contributed by atoms with Gasteiger partial charge in [-0.05, 0) is 38.0 Å². The van der Waals surface area contributed by atoms with E-state index in [4.69, 9.17) is 10.6 Å². The van der Waals surface area contributed by atoms with E-state index in [0.717, 1.165) is 27.4 Å². The zero-order valence-corrected chi connectivity index (χ0v) is 12.5. The zero-order chi connectivity index (χ0) is 14.0. The van der Waals surface area contributed by atoms with Crippen molar-refractivity contribution in [3.05, 3.63) is 44.9 Å². The Balaban J connectivity index is 2.59. The lowest BCUT2D eigenvalue weighted by Crippen LogP contribution is -2.29. The van der Waals surface area contributed by atoms with Gasteiger partial charge in [-0.3, -0.25) is 5.84 Å². The van der Waals surface area contributed by atoms with Crippen LogP contribution in [0.15, 0.2) is 17.6 Å². The average Bonchev–Trinajstić information content (AvgIpc) is 2.78. The molecule has 3 N–H and O–H groups in total. The molecule has 2 rings (SSSR count). The molecule has 0 spiro atoms. The van der Waals surface area contributed by atoms with Crippen LogP contribution in [0.4, 0.5) is 0 Å². The molecule has 1 atom stereocenters. The van der Waals surface area contributed by atoms with Crippen molar-refractivity contribution in [1.29, 1.82) is 0 Å². The molecule has 0 aliphatic carbocycles. The number of benzene rings is 1. The van der Waals surface area contributed by atoms with Gasteiger partial charge in [0.25, 0.3) is 0 Å². The highest BCUT2D eigenvalue weighted by atomic mass is 32.1. The summed E-state index contributed by atoms with van der Waals surface area (Å²) < 4.78 is 5.52. The normalized spacial score (nSPS) is 12.5. The fourth-order valence-corrected chi connectivity index (χ4v) is 3.23. The second kappa shape index (κ2) is 5.69. The van der Waals surface area contributed by atoms with Crippen LogP contribution < -0.4 is 16.0 Å². The molecule has 2 aromatic rings. The Bertz CT molecular complexity index is 580. The Morgan fingerprint density at radius 2 is 2.05 bits per heavy atom. The predicted molar refractivity (Wildman–Crippen MR) is 78.5 cm³/mol. The van der Waals surface area contributed by atoms with Gasteiger partial charge in [0.15, 0.2) is 0 Å². The second-order valence-electron chi connectivity index (χ2n) is 4.60. The summed E-state index contributed by atoms with van der Waals surface area (Å²) in [5.41, 5.74) is 9.13. The van der Waals surface area contributed by atoms with Gasteiger partial charge in [-0.2, -0.15) is 0 Å². The molecule has 1 unspecified atom stereocenters. The molecule has 0 aliphatic heterocycles. The van der Waals surface area contributed by atoms with Crippen LogP contribution in [0.25, 0.3) is 0 Å². The third kappa shape index (κ3) is 2.63. The first kappa shape index (κ1) is 14.0.